The van der Waals surface area contributed by atoms with Crippen LogP contribution in [0.4, 0.5) is 11.5 Å². The molecule has 0 bridgehead atoms. The van der Waals surface area contributed by atoms with Crippen LogP contribution in [0.15, 0.2) is 103 Å². The fourth-order valence-corrected chi connectivity index (χ4v) is 3.17. The van der Waals surface area contributed by atoms with Crippen molar-refractivity contribution in [2.45, 2.75) is 18.7 Å². The standard InChI is InChI=1S/C24H23N3OS.C2H6/c1-4-9-18(5-2)16-28-23-13-7-6-12-21(23)22-15-24(26-17-25-22)27-19-10-8-11-20(14-19)29-3;1-2/h4-15,17H,1-2,16H2,3H3,(H,25,26,27);1-2H3/b18-9+;. The van der Waals surface area contributed by atoms with Crippen molar-refractivity contribution < 1.29 is 4.74 Å². The van der Waals surface area contributed by atoms with Crippen LogP contribution in [0, 0.1) is 0 Å². The minimum absolute atomic E-state index is 0.407. The van der Waals surface area contributed by atoms with Crippen molar-refractivity contribution in [2.75, 3.05) is 18.2 Å². The highest BCUT2D eigenvalue weighted by Crippen LogP contribution is 2.30. The first-order valence-electron chi connectivity index (χ1n) is 10.1. The quantitative estimate of drug-likeness (QED) is 0.284. The summed E-state index contributed by atoms with van der Waals surface area (Å²) in [6, 6.07) is 17.9. The Kier molecular flexibility index (Phi) is 10.1. The maximum Gasteiger partial charge on any atom is 0.134 e. The lowest BCUT2D eigenvalue weighted by Crippen LogP contribution is -2.01. The van der Waals surface area contributed by atoms with E-state index < -0.39 is 0 Å². The molecule has 0 unspecified atom stereocenters. The third kappa shape index (κ3) is 7.15. The average Bonchev–Trinajstić information content (AvgIpc) is 2.83. The first-order chi connectivity index (χ1) is 15.2. The average molecular weight is 432 g/mol. The van der Waals surface area contributed by atoms with Crippen molar-refractivity contribution in [3.8, 4) is 17.0 Å². The van der Waals surface area contributed by atoms with Crippen molar-refractivity contribution in [3.63, 3.8) is 0 Å². The van der Waals surface area contributed by atoms with Crippen molar-refractivity contribution in [3.05, 3.63) is 97.9 Å². The van der Waals surface area contributed by atoms with E-state index in [4.69, 9.17) is 4.74 Å². The molecule has 0 fully saturated rings. The Morgan fingerprint density at radius 3 is 2.61 bits per heavy atom. The molecule has 1 aromatic heterocycles. The molecule has 31 heavy (non-hydrogen) atoms. The van der Waals surface area contributed by atoms with E-state index in [-0.39, 0.29) is 0 Å². The molecule has 160 valence electrons. The molecule has 3 rings (SSSR count). The highest BCUT2D eigenvalue weighted by molar-refractivity contribution is 7.98. The maximum absolute atomic E-state index is 6.01. The van der Waals surface area contributed by atoms with E-state index in [0.717, 1.165) is 34.1 Å². The Hall–Kier alpha value is -3.31. The number of allylic oxidation sites excluding steroid dienone is 2. The van der Waals surface area contributed by atoms with Gasteiger partial charge in [0.1, 0.15) is 24.5 Å². The summed E-state index contributed by atoms with van der Waals surface area (Å²) in [6.07, 6.45) is 8.98. The summed E-state index contributed by atoms with van der Waals surface area (Å²) < 4.78 is 6.01. The Balaban J connectivity index is 0.00000166. The van der Waals surface area contributed by atoms with Gasteiger partial charge >= 0.3 is 0 Å². The lowest BCUT2D eigenvalue weighted by atomic mass is 10.1. The second-order valence-electron chi connectivity index (χ2n) is 6.11. The number of nitrogens with zero attached hydrogens (tertiary/aromatic N) is 2. The van der Waals surface area contributed by atoms with Gasteiger partial charge in [-0.1, -0.05) is 63.4 Å². The predicted molar refractivity (Wildman–Crippen MR) is 134 cm³/mol. The zero-order valence-electron chi connectivity index (χ0n) is 18.3. The number of hydrogen-bond acceptors (Lipinski definition) is 5. The summed E-state index contributed by atoms with van der Waals surface area (Å²) in [7, 11) is 0. The molecular weight excluding hydrogens is 402 g/mol. The second-order valence-corrected chi connectivity index (χ2v) is 6.99. The van der Waals surface area contributed by atoms with Crippen molar-refractivity contribution in [1.29, 1.82) is 0 Å². The van der Waals surface area contributed by atoms with Crippen LogP contribution in [-0.4, -0.2) is 22.8 Å². The predicted octanol–water partition coefficient (Wildman–Crippen LogP) is 7.31. The van der Waals surface area contributed by atoms with E-state index in [2.05, 4.69) is 46.8 Å². The van der Waals surface area contributed by atoms with Crippen LogP contribution >= 0.6 is 11.8 Å². The van der Waals surface area contributed by atoms with E-state index in [9.17, 15) is 0 Å². The largest absolute Gasteiger partial charge is 0.488 e. The highest BCUT2D eigenvalue weighted by Gasteiger charge is 2.09. The zero-order chi connectivity index (χ0) is 22.5. The van der Waals surface area contributed by atoms with Gasteiger partial charge in [-0.3, -0.25) is 0 Å². The van der Waals surface area contributed by atoms with Crippen LogP contribution in [0.5, 0.6) is 5.75 Å². The van der Waals surface area contributed by atoms with Gasteiger partial charge in [-0.25, -0.2) is 9.97 Å². The zero-order valence-corrected chi connectivity index (χ0v) is 19.2. The SMILES string of the molecule is C=C/C=C(\C=C)COc1ccccc1-c1cc(Nc2cccc(SC)c2)ncn1.CC. The van der Waals surface area contributed by atoms with Crippen LogP contribution < -0.4 is 10.1 Å². The summed E-state index contributed by atoms with van der Waals surface area (Å²) in [5.74, 6) is 1.47. The van der Waals surface area contributed by atoms with Crippen LogP contribution in [0.3, 0.4) is 0 Å². The third-order valence-electron chi connectivity index (χ3n) is 4.16. The Bertz CT molecular complexity index is 1030. The third-order valence-corrected chi connectivity index (χ3v) is 4.89. The molecule has 5 heteroatoms. The van der Waals surface area contributed by atoms with E-state index in [1.54, 1.807) is 30.2 Å². The van der Waals surface area contributed by atoms with Gasteiger partial charge in [0.2, 0.25) is 0 Å². The van der Waals surface area contributed by atoms with Crippen molar-refractivity contribution in [2.24, 2.45) is 0 Å². The lowest BCUT2D eigenvalue weighted by Gasteiger charge is -2.12. The number of nitrogens with one attached hydrogen (secondary N) is 1. The number of hydrogen-bond donors (Lipinski definition) is 1. The fourth-order valence-electron chi connectivity index (χ4n) is 2.71. The molecule has 1 N–H and O–H groups in total. The molecule has 0 aliphatic carbocycles. The molecule has 0 atom stereocenters. The van der Waals surface area contributed by atoms with Crippen LogP contribution in [0.2, 0.25) is 0 Å². The van der Waals surface area contributed by atoms with E-state index in [1.807, 2.05) is 62.4 Å². The fraction of sp³-hybridized carbons (Fsp3) is 0.154. The Labute approximate surface area is 189 Å². The summed E-state index contributed by atoms with van der Waals surface area (Å²) >= 11 is 1.70. The molecule has 0 saturated heterocycles. The monoisotopic (exact) mass is 431 g/mol. The number of rotatable bonds is 9. The molecule has 2 aromatic carbocycles. The molecule has 0 saturated carbocycles. The normalized spacial score (nSPS) is 10.5. The first kappa shape index (κ1) is 24.0. The highest BCUT2D eigenvalue weighted by atomic mass is 32.2. The molecule has 4 nitrogen and oxygen atoms in total. The Morgan fingerprint density at radius 1 is 1.06 bits per heavy atom. The van der Waals surface area contributed by atoms with Crippen molar-refractivity contribution in [1.82, 2.24) is 9.97 Å². The van der Waals surface area contributed by atoms with E-state index in [1.165, 1.54) is 4.90 Å². The number of para-hydroxylation sites is 1. The second kappa shape index (κ2) is 13.1. The smallest absolute Gasteiger partial charge is 0.134 e. The molecule has 3 aromatic rings. The molecule has 0 radical (unpaired) electrons. The summed E-state index contributed by atoms with van der Waals surface area (Å²) in [4.78, 5) is 9.99. The minimum atomic E-state index is 0.407. The van der Waals surface area contributed by atoms with Crippen LogP contribution in [0.25, 0.3) is 11.3 Å². The molecule has 0 spiro atoms. The number of thioether (sulfide) groups is 1. The van der Waals surface area contributed by atoms with Gasteiger partial charge in [0, 0.05) is 22.2 Å². The van der Waals surface area contributed by atoms with Crippen LogP contribution in [-0.2, 0) is 0 Å². The molecule has 0 aliphatic rings. The first-order valence-corrected chi connectivity index (χ1v) is 11.4. The van der Waals surface area contributed by atoms with Gasteiger partial charge in [0.15, 0.2) is 0 Å². The van der Waals surface area contributed by atoms with Gasteiger partial charge in [-0.05, 0) is 42.2 Å². The topological polar surface area (TPSA) is 47.0 Å². The van der Waals surface area contributed by atoms with E-state index in [0.29, 0.717) is 6.61 Å². The van der Waals surface area contributed by atoms with Gasteiger partial charge in [0.05, 0.1) is 5.69 Å². The molecule has 0 aliphatic heterocycles. The van der Waals surface area contributed by atoms with E-state index >= 15 is 0 Å². The summed E-state index contributed by atoms with van der Waals surface area (Å²) in [6.45, 7) is 11.9. The minimum Gasteiger partial charge on any atom is -0.488 e. The molecule has 1 heterocycles. The van der Waals surface area contributed by atoms with Gasteiger partial charge in [-0.2, -0.15) is 0 Å². The number of ether oxygens (including phenoxy) is 1. The van der Waals surface area contributed by atoms with Crippen LogP contribution in [0.1, 0.15) is 13.8 Å². The molecule has 0 amide bonds. The number of anilines is 2. The number of aromatic nitrogens is 2. The van der Waals surface area contributed by atoms with Gasteiger partial charge in [0.25, 0.3) is 0 Å². The van der Waals surface area contributed by atoms with Crippen molar-refractivity contribution >= 4 is 23.3 Å². The summed E-state index contributed by atoms with van der Waals surface area (Å²) in [5, 5.41) is 3.35. The maximum atomic E-state index is 6.01. The Morgan fingerprint density at radius 2 is 1.87 bits per heavy atom. The van der Waals surface area contributed by atoms with Gasteiger partial charge in [-0.15, -0.1) is 11.8 Å². The number of benzene rings is 2. The summed E-state index contributed by atoms with van der Waals surface area (Å²) in [5.41, 5.74) is 3.62. The molecular formula is C26H29N3OS. The lowest BCUT2D eigenvalue weighted by molar-refractivity contribution is 0.357. The van der Waals surface area contributed by atoms with Gasteiger partial charge < -0.3 is 10.1 Å².